The third-order valence-electron chi connectivity index (χ3n) is 4.70. The number of primary amides is 1. The fourth-order valence-corrected chi connectivity index (χ4v) is 3.63. The van der Waals surface area contributed by atoms with E-state index in [-0.39, 0.29) is 24.6 Å². The van der Waals surface area contributed by atoms with Crippen molar-refractivity contribution in [1.29, 1.82) is 0 Å². The number of rotatable bonds is 4. The predicted molar refractivity (Wildman–Crippen MR) is 79.8 cm³/mol. The SMILES string of the molecule is COCC(=O)N1CCC(N(C(N)=O)C2CCCCC2)CC1. The molecule has 1 aliphatic heterocycles. The summed E-state index contributed by atoms with van der Waals surface area (Å²) in [4.78, 5) is 27.4. The molecule has 0 unspecified atom stereocenters. The lowest BCUT2D eigenvalue weighted by Crippen LogP contribution is -2.54. The van der Waals surface area contributed by atoms with E-state index < -0.39 is 0 Å². The van der Waals surface area contributed by atoms with Crippen molar-refractivity contribution in [3.63, 3.8) is 0 Å². The molecule has 2 rings (SSSR count). The fourth-order valence-electron chi connectivity index (χ4n) is 3.63. The predicted octanol–water partition coefficient (Wildman–Crippen LogP) is 1.34. The molecule has 2 aliphatic rings. The zero-order chi connectivity index (χ0) is 15.2. The Morgan fingerprint density at radius 1 is 1.10 bits per heavy atom. The highest BCUT2D eigenvalue weighted by atomic mass is 16.5. The first-order valence-corrected chi connectivity index (χ1v) is 7.98. The van der Waals surface area contributed by atoms with E-state index >= 15 is 0 Å². The average molecular weight is 297 g/mol. The van der Waals surface area contributed by atoms with Crippen LogP contribution in [0.25, 0.3) is 0 Å². The Bertz CT molecular complexity index is 361. The van der Waals surface area contributed by atoms with E-state index in [1.54, 1.807) is 0 Å². The maximum absolute atomic E-state index is 11.9. The number of ether oxygens (including phenoxy) is 1. The van der Waals surface area contributed by atoms with Crippen LogP contribution in [0.2, 0.25) is 0 Å². The number of hydrogen-bond donors (Lipinski definition) is 1. The number of carbonyl (C=O) groups excluding carboxylic acids is 2. The number of amides is 3. The summed E-state index contributed by atoms with van der Waals surface area (Å²) in [6, 6.07) is 0.170. The van der Waals surface area contributed by atoms with Crippen molar-refractivity contribution < 1.29 is 14.3 Å². The summed E-state index contributed by atoms with van der Waals surface area (Å²) < 4.78 is 4.89. The second kappa shape index (κ2) is 7.64. The number of methoxy groups -OCH3 is 1. The van der Waals surface area contributed by atoms with Gasteiger partial charge in [-0.15, -0.1) is 0 Å². The lowest BCUT2D eigenvalue weighted by molar-refractivity contribution is -0.136. The van der Waals surface area contributed by atoms with E-state index in [9.17, 15) is 9.59 Å². The topological polar surface area (TPSA) is 75.9 Å². The van der Waals surface area contributed by atoms with Gasteiger partial charge in [0.2, 0.25) is 5.91 Å². The third kappa shape index (κ3) is 4.09. The summed E-state index contributed by atoms with van der Waals surface area (Å²) in [6.45, 7) is 1.50. The van der Waals surface area contributed by atoms with Crippen LogP contribution in [0.1, 0.15) is 44.9 Å². The summed E-state index contributed by atoms with van der Waals surface area (Å²) in [5, 5.41) is 0. The number of piperidine rings is 1. The van der Waals surface area contributed by atoms with Gasteiger partial charge in [0.1, 0.15) is 6.61 Å². The molecule has 0 atom stereocenters. The van der Waals surface area contributed by atoms with Crippen molar-refractivity contribution in [2.75, 3.05) is 26.8 Å². The quantitative estimate of drug-likeness (QED) is 0.850. The molecule has 21 heavy (non-hydrogen) atoms. The number of hydrogen-bond acceptors (Lipinski definition) is 3. The van der Waals surface area contributed by atoms with Crippen LogP contribution in [0.15, 0.2) is 0 Å². The molecule has 0 aromatic rings. The molecule has 1 saturated carbocycles. The van der Waals surface area contributed by atoms with Crippen molar-refractivity contribution in [3.05, 3.63) is 0 Å². The van der Waals surface area contributed by atoms with Gasteiger partial charge in [-0.1, -0.05) is 19.3 Å². The summed E-state index contributed by atoms with van der Waals surface area (Å²) >= 11 is 0. The second-order valence-electron chi connectivity index (χ2n) is 6.08. The molecule has 1 saturated heterocycles. The largest absolute Gasteiger partial charge is 0.375 e. The smallest absolute Gasteiger partial charge is 0.315 e. The maximum Gasteiger partial charge on any atom is 0.315 e. The van der Waals surface area contributed by atoms with Gasteiger partial charge in [-0.2, -0.15) is 0 Å². The molecule has 0 spiro atoms. The molecule has 2 N–H and O–H groups in total. The van der Waals surface area contributed by atoms with Gasteiger partial charge in [-0.05, 0) is 25.7 Å². The van der Waals surface area contributed by atoms with Gasteiger partial charge in [0.15, 0.2) is 0 Å². The van der Waals surface area contributed by atoms with E-state index in [1.807, 2.05) is 9.80 Å². The number of nitrogens with two attached hydrogens (primary N) is 1. The summed E-state index contributed by atoms with van der Waals surface area (Å²) in [7, 11) is 1.53. The fraction of sp³-hybridized carbons (Fsp3) is 0.867. The first kappa shape index (κ1) is 16.1. The van der Waals surface area contributed by atoms with E-state index in [0.29, 0.717) is 19.1 Å². The molecular formula is C15H27N3O3. The zero-order valence-corrected chi connectivity index (χ0v) is 12.9. The lowest BCUT2D eigenvalue weighted by Gasteiger charge is -2.42. The van der Waals surface area contributed by atoms with Crippen LogP contribution < -0.4 is 5.73 Å². The Morgan fingerprint density at radius 2 is 1.67 bits per heavy atom. The Balaban J connectivity index is 1.91. The van der Waals surface area contributed by atoms with Gasteiger partial charge in [0, 0.05) is 32.3 Å². The monoisotopic (exact) mass is 297 g/mol. The highest BCUT2D eigenvalue weighted by Crippen LogP contribution is 2.27. The molecule has 6 heteroatoms. The molecular weight excluding hydrogens is 270 g/mol. The highest BCUT2D eigenvalue weighted by Gasteiger charge is 2.33. The Hall–Kier alpha value is -1.30. The standard InChI is InChI=1S/C15H27N3O3/c1-21-11-14(19)17-9-7-13(8-10-17)18(15(16)20)12-5-3-2-4-6-12/h12-13H,2-11H2,1H3,(H2,16,20). The van der Waals surface area contributed by atoms with Crippen LogP contribution in [-0.4, -0.2) is 60.6 Å². The zero-order valence-electron chi connectivity index (χ0n) is 12.9. The number of urea groups is 1. The molecule has 0 bridgehead atoms. The Labute approximate surface area is 126 Å². The van der Waals surface area contributed by atoms with Crippen molar-refractivity contribution in [2.24, 2.45) is 5.73 Å². The van der Waals surface area contributed by atoms with E-state index in [4.69, 9.17) is 10.5 Å². The first-order valence-electron chi connectivity index (χ1n) is 7.98. The highest BCUT2D eigenvalue weighted by molar-refractivity contribution is 5.77. The molecule has 6 nitrogen and oxygen atoms in total. The summed E-state index contributed by atoms with van der Waals surface area (Å²) in [5.74, 6) is 0.0271. The minimum absolute atomic E-state index is 0.0271. The summed E-state index contributed by atoms with van der Waals surface area (Å²) in [5.41, 5.74) is 5.63. The van der Waals surface area contributed by atoms with Gasteiger partial charge in [-0.25, -0.2) is 4.79 Å². The van der Waals surface area contributed by atoms with Crippen LogP contribution in [0.3, 0.4) is 0 Å². The summed E-state index contributed by atoms with van der Waals surface area (Å²) in [6.07, 6.45) is 7.37. The molecule has 120 valence electrons. The molecule has 1 aliphatic carbocycles. The van der Waals surface area contributed by atoms with Crippen molar-refractivity contribution in [3.8, 4) is 0 Å². The van der Waals surface area contributed by atoms with Crippen molar-refractivity contribution in [2.45, 2.75) is 57.0 Å². The van der Waals surface area contributed by atoms with Crippen LogP contribution in [0.5, 0.6) is 0 Å². The van der Waals surface area contributed by atoms with Crippen LogP contribution in [-0.2, 0) is 9.53 Å². The van der Waals surface area contributed by atoms with Crippen LogP contribution >= 0.6 is 0 Å². The maximum atomic E-state index is 11.9. The molecule has 3 amide bonds. The van der Waals surface area contributed by atoms with Gasteiger partial charge in [0.05, 0.1) is 0 Å². The van der Waals surface area contributed by atoms with E-state index in [1.165, 1.54) is 26.4 Å². The van der Waals surface area contributed by atoms with Gasteiger partial charge in [-0.3, -0.25) is 4.79 Å². The average Bonchev–Trinajstić information content (AvgIpc) is 2.49. The lowest BCUT2D eigenvalue weighted by atomic mass is 9.91. The molecule has 1 heterocycles. The van der Waals surface area contributed by atoms with Gasteiger partial charge in [0.25, 0.3) is 0 Å². The second-order valence-corrected chi connectivity index (χ2v) is 6.08. The van der Waals surface area contributed by atoms with Crippen LogP contribution in [0.4, 0.5) is 4.79 Å². The van der Waals surface area contributed by atoms with Crippen molar-refractivity contribution >= 4 is 11.9 Å². The number of carbonyl (C=O) groups is 2. The number of likely N-dealkylation sites (tertiary alicyclic amines) is 1. The first-order chi connectivity index (χ1) is 10.1. The molecule has 0 aromatic heterocycles. The third-order valence-corrected chi connectivity index (χ3v) is 4.70. The van der Waals surface area contributed by atoms with E-state index in [2.05, 4.69) is 0 Å². The minimum atomic E-state index is -0.302. The van der Waals surface area contributed by atoms with E-state index in [0.717, 1.165) is 25.7 Å². The van der Waals surface area contributed by atoms with Crippen molar-refractivity contribution in [1.82, 2.24) is 9.80 Å². The molecule has 0 aromatic carbocycles. The molecule has 0 radical (unpaired) electrons. The molecule has 2 fully saturated rings. The normalized spacial score (nSPS) is 21.3. The van der Waals surface area contributed by atoms with Gasteiger partial charge < -0.3 is 20.3 Å². The Morgan fingerprint density at radius 3 is 2.19 bits per heavy atom. The van der Waals surface area contributed by atoms with Crippen LogP contribution in [0, 0.1) is 0 Å². The minimum Gasteiger partial charge on any atom is -0.375 e. The number of nitrogens with zero attached hydrogens (tertiary/aromatic N) is 2. The Kier molecular flexibility index (Phi) is 5.85. The van der Waals surface area contributed by atoms with Gasteiger partial charge >= 0.3 is 6.03 Å².